The number of aryl methyl sites for hydroxylation is 2. The van der Waals surface area contributed by atoms with Gasteiger partial charge in [-0.05, 0) is 19.9 Å². The van der Waals surface area contributed by atoms with Gasteiger partial charge in [0.15, 0.2) is 0 Å². The molecule has 3 heteroatoms. The molecular formula is C12H14N2S. The molecule has 2 rings (SSSR count). The SMILES string of the molecule is CC.Cc1cc2c(C)ncc(C#N)c2s1. The number of hydrogen-bond acceptors (Lipinski definition) is 3. The van der Waals surface area contributed by atoms with E-state index in [1.807, 2.05) is 27.7 Å². The summed E-state index contributed by atoms with van der Waals surface area (Å²) in [7, 11) is 0. The number of rotatable bonds is 0. The van der Waals surface area contributed by atoms with Crippen LogP contribution in [-0.2, 0) is 0 Å². The number of nitriles is 1. The number of nitrogens with zero attached hydrogens (tertiary/aromatic N) is 2. The summed E-state index contributed by atoms with van der Waals surface area (Å²) < 4.78 is 1.06. The van der Waals surface area contributed by atoms with Gasteiger partial charge < -0.3 is 0 Å². The molecule has 0 bridgehead atoms. The third-order valence-electron chi connectivity index (χ3n) is 2.00. The van der Waals surface area contributed by atoms with Crippen molar-refractivity contribution in [1.29, 1.82) is 5.26 Å². The van der Waals surface area contributed by atoms with Crippen molar-refractivity contribution in [3.8, 4) is 6.07 Å². The molecule has 0 saturated carbocycles. The highest BCUT2D eigenvalue weighted by Gasteiger charge is 2.06. The van der Waals surface area contributed by atoms with Crippen molar-refractivity contribution >= 4 is 21.4 Å². The molecule has 0 N–H and O–H groups in total. The number of hydrogen-bond donors (Lipinski definition) is 0. The second kappa shape index (κ2) is 4.90. The second-order valence-corrected chi connectivity index (χ2v) is 4.23. The Morgan fingerprint density at radius 2 is 2.00 bits per heavy atom. The van der Waals surface area contributed by atoms with Crippen molar-refractivity contribution in [2.45, 2.75) is 27.7 Å². The first-order valence-electron chi connectivity index (χ1n) is 4.98. The minimum Gasteiger partial charge on any atom is -0.259 e. The van der Waals surface area contributed by atoms with Crippen LogP contribution in [0.15, 0.2) is 12.3 Å². The maximum atomic E-state index is 8.85. The fourth-order valence-corrected chi connectivity index (χ4v) is 2.38. The first-order chi connectivity index (χ1) is 7.22. The molecule has 0 spiro atoms. The molecule has 2 aromatic heterocycles. The summed E-state index contributed by atoms with van der Waals surface area (Å²) in [5.74, 6) is 0. The molecule has 0 aromatic carbocycles. The molecule has 0 radical (unpaired) electrons. The highest BCUT2D eigenvalue weighted by Crippen LogP contribution is 2.28. The third-order valence-corrected chi connectivity index (χ3v) is 3.08. The minimum absolute atomic E-state index is 0.679. The normalized spacial score (nSPS) is 9.27. The number of thiophene rings is 1. The van der Waals surface area contributed by atoms with Crippen LogP contribution in [0.4, 0.5) is 0 Å². The molecule has 0 saturated heterocycles. The molecule has 0 aliphatic carbocycles. The summed E-state index contributed by atoms with van der Waals surface area (Å²) in [5, 5.41) is 9.96. The molecule has 0 amide bonds. The maximum absolute atomic E-state index is 8.85. The summed E-state index contributed by atoms with van der Waals surface area (Å²) in [5.41, 5.74) is 1.68. The summed E-state index contributed by atoms with van der Waals surface area (Å²) >= 11 is 1.65. The van der Waals surface area contributed by atoms with Gasteiger partial charge in [-0.25, -0.2) is 0 Å². The summed E-state index contributed by atoms with van der Waals surface area (Å²) in [6.07, 6.45) is 1.65. The van der Waals surface area contributed by atoms with Gasteiger partial charge in [-0.15, -0.1) is 11.3 Å². The number of pyridine rings is 1. The molecule has 2 heterocycles. The van der Waals surface area contributed by atoms with Crippen LogP contribution in [0.25, 0.3) is 10.1 Å². The highest BCUT2D eigenvalue weighted by molar-refractivity contribution is 7.19. The number of aromatic nitrogens is 1. The van der Waals surface area contributed by atoms with E-state index in [2.05, 4.69) is 17.1 Å². The van der Waals surface area contributed by atoms with E-state index in [9.17, 15) is 0 Å². The Morgan fingerprint density at radius 1 is 1.33 bits per heavy atom. The van der Waals surface area contributed by atoms with Crippen LogP contribution in [0.2, 0.25) is 0 Å². The zero-order valence-corrected chi connectivity index (χ0v) is 10.3. The minimum atomic E-state index is 0.679. The van der Waals surface area contributed by atoms with E-state index >= 15 is 0 Å². The zero-order valence-electron chi connectivity index (χ0n) is 9.46. The molecule has 0 atom stereocenters. The van der Waals surface area contributed by atoms with Crippen molar-refractivity contribution in [1.82, 2.24) is 4.98 Å². The lowest BCUT2D eigenvalue weighted by molar-refractivity contribution is 1.23. The Balaban J connectivity index is 0.000000531. The van der Waals surface area contributed by atoms with Crippen LogP contribution in [-0.4, -0.2) is 4.98 Å². The summed E-state index contributed by atoms with van der Waals surface area (Å²) in [4.78, 5) is 5.40. The predicted octanol–water partition coefficient (Wildman–Crippen LogP) is 3.81. The average Bonchev–Trinajstić information content (AvgIpc) is 2.64. The van der Waals surface area contributed by atoms with Crippen molar-refractivity contribution in [3.63, 3.8) is 0 Å². The van der Waals surface area contributed by atoms with E-state index in [-0.39, 0.29) is 0 Å². The van der Waals surface area contributed by atoms with Gasteiger partial charge in [0.1, 0.15) is 6.07 Å². The van der Waals surface area contributed by atoms with Gasteiger partial charge in [0.05, 0.1) is 10.3 Å². The fraction of sp³-hybridized carbons (Fsp3) is 0.333. The molecule has 15 heavy (non-hydrogen) atoms. The lowest BCUT2D eigenvalue weighted by Gasteiger charge is -1.95. The summed E-state index contributed by atoms with van der Waals surface area (Å²) in [6, 6.07) is 4.24. The molecule has 2 nitrogen and oxygen atoms in total. The number of fused-ring (bicyclic) bond motifs is 1. The molecule has 78 valence electrons. The predicted molar refractivity (Wildman–Crippen MR) is 65.2 cm³/mol. The van der Waals surface area contributed by atoms with Gasteiger partial charge in [0, 0.05) is 22.2 Å². The Morgan fingerprint density at radius 3 is 2.60 bits per heavy atom. The van der Waals surface area contributed by atoms with Crippen LogP contribution in [0.1, 0.15) is 30.0 Å². The van der Waals surface area contributed by atoms with E-state index in [1.54, 1.807) is 17.5 Å². The highest BCUT2D eigenvalue weighted by atomic mass is 32.1. The van der Waals surface area contributed by atoms with E-state index in [4.69, 9.17) is 5.26 Å². The van der Waals surface area contributed by atoms with Crippen molar-refractivity contribution in [2.75, 3.05) is 0 Å². The standard InChI is InChI=1S/C10H8N2S.C2H6/c1-6-3-9-7(2)12-5-8(4-11)10(9)13-6;1-2/h3,5H,1-2H3;1-2H3. The topological polar surface area (TPSA) is 36.7 Å². The van der Waals surface area contributed by atoms with Crippen molar-refractivity contribution in [2.24, 2.45) is 0 Å². The van der Waals surface area contributed by atoms with Gasteiger partial charge in [0.2, 0.25) is 0 Å². The van der Waals surface area contributed by atoms with Crippen molar-refractivity contribution < 1.29 is 0 Å². The largest absolute Gasteiger partial charge is 0.259 e. The molecule has 0 unspecified atom stereocenters. The third kappa shape index (κ3) is 2.16. The second-order valence-electron chi connectivity index (χ2n) is 2.97. The molecule has 0 aliphatic heterocycles. The lowest BCUT2D eigenvalue weighted by atomic mass is 10.2. The Hall–Kier alpha value is -1.40. The Bertz CT molecular complexity index is 506. The average molecular weight is 218 g/mol. The molecular weight excluding hydrogens is 204 g/mol. The van der Waals surface area contributed by atoms with Crippen LogP contribution < -0.4 is 0 Å². The van der Waals surface area contributed by atoms with Gasteiger partial charge in [-0.1, -0.05) is 13.8 Å². The van der Waals surface area contributed by atoms with Gasteiger partial charge in [-0.3, -0.25) is 4.98 Å². The smallest absolute Gasteiger partial charge is 0.102 e. The van der Waals surface area contributed by atoms with E-state index < -0.39 is 0 Å². The van der Waals surface area contributed by atoms with Crippen LogP contribution in [0.5, 0.6) is 0 Å². The quantitative estimate of drug-likeness (QED) is 0.674. The lowest BCUT2D eigenvalue weighted by Crippen LogP contribution is -1.83. The molecule has 2 aromatic rings. The van der Waals surface area contributed by atoms with E-state index in [0.29, 0.717) is 5.56 Å². The first-order valence-corrected chi connectivity index (χ1v) is 5.80. The van der Waals surface area contributed by atoms with Crippen molar-refractivity contribution in [3.05, 3.63) is 28.4 Å². The Labute approximate surface area is 94.2 Å². The summed E-state index contributed by atoms with van der Waals surface area (Å²) in [6.45, 7) is 8.01. The Kier molecular flexibility index (Phi) is 3.81. The molecule has 0 aliphatic rings. The maximum Gasteiger partial charge on any atom is 0.102 e. The molecule has 0 fully saturated rings. The van der Waals surface area contributed by atoms with Crippen LogP contribution >= 0.6 is 11.3 Å². The van der Waals surface area contributed by atoms with Crippen LogP contribution in [0.3, 0.4) is 0 Å². The van der Waals surface area contributed by atoms with Gasteiger partial charge in [0.25, 0.3) is 0 Å². The van der Waals surface area contributed by atoms with E-state index in [0.717, 1.165) is 15.8 Å². The monoisotopic (exact) mass is 218 g/mol. The van der Waals surface area contributed by atoms with E-state index in [1.165, 1.54) is 4.88 Å². The zero-order chi connectivity index (χ0) is 11.4. The fourth-order valence-electron chi connectivity index (χ4n) is 1.35. The van der Waals surface area contributed by atoms with Gasteiger partial charge in [-0.2, -0.15) is 5.26 Å². The van der Waals surface area contributed by atoms with Gasteiger partial charge >= 0.3 is 0 Å². The van der Waals surface area contributed by atoms with Crippen LogP contribution in [0, 0.1) is 25.2 Å². The first kappa shape index (κ1) is 11.7.